The predicted molar refractivity (Wildman–Crippen MR) is 124 cm³/mol. The van der Waals surface area contributed by atoms with Gasteiger partial charge in [0.15, 0.2) is 0 Å². The van der Waals surface area contributed by atoms with Gasteiger partial charge in [-0.3, -0.25) is 9.59 Å². The summed E-state index contributed by atoms with van der Waals surface area (Å²) >= 11 is 13.2. The summed E-state index contributed by atoms with van der Waals surface area (Å²) in [6, 6.07) is 10.2. The van der Waals surface area contributed by atoms with Crippen LogP contribution in [-0.2, 0) is 4.79 Å². The summed E-state index contributed by atoms with van der Waals surface area (Å²) in [6.45, 7) is 4.89. The Morgan fingerprint density at radius 2 is 1.97 bits per heavy atom. The van der Waals surface area contributed by atoms with Crippen LogP contribution >= 0.6 is 35.0 Å². The van der Waals surface area contributed by atoms with Crippen LogP contribution in [0.1, 0.15) is 30.6 Å². The van der Waals surface area contributed by atoms with E-state index < -0.39 is 18.1 Å². The standard InChI is InChI=1S/C22H23Cl2F2N3O2S/c1-3-22(25,26)18(30)13-32-17-8-7-15(11-16(17)23)21(31)28-9-10-29(14(2)12-28)20-6-4-5-19(24)27-20/h4-8,11,14H,3,9-10,12-13H2,1-2H3. The first-order valence-corrected chi connectivity index (χ1v) is 11.9. The highest BCUT2D eigenvalue weighted by Gasteiger charge is 2.35. The fourth-order valence-corrected chi connectivity index (χ4v) is 4.78. The number of halogens is 4. The number of ketones is 1. The van der Waals surface area contributed by atoms with Crippen LogP contribution in [0.15, 0.2) is 41.3 Å². The van der Waals surface area contributed by atoms with Gasteiger partial charge >= 0.3 is 5.92 Å². The van der Waals surface area contributed by atoms with Crippen molar-refractivity contribution in [3.63, 3.8) is 0 Å². The lowest BCUT2D eigenvalue weighted by molar-refractivity contribution is -0.140. The molecule has 1 aliphatic rings. The molecule has 1 fully saturated rings. The zero-order valence-electron chi connectivity index (χ0n) is 17.7. The summed E-state index contributed by atoms with van der Waals surface area (Å²) < 4.78 is 26.9. The molecule has 0 aliphatic carbocycles. The number of anilines is 1. The molecule has 0 saturated carbocycles. The molecule has 0 bridgehead atoms. The second-order valence-corrected chi connectivity index (χ2v) is 9.34. The molecule has 1 aromatic heterocycles. The van der Waals surface area contributed by atoms with E-state index in [-0.39, 0.29) is 22.7 Å². The largest absolute Gasteiger partial charge is 0.350 e. The third-order valence-electron chi connectivity index (χ3n) is 5.30. The van der Waals surface area contributed by atoms with E-state index in [0.29, 0.717) is 35.2 Å². The summed E-state index contributed by atoms with van der Waals surface area (Å²) in [6.07, 6.45) is -0.535. The van der Waals surface area contributed by atoms with Crippen LogP contribution in [0.3, 0.4) is 0 Å². The van der Waals surface area contributed by atoms with E-state index in [2.05, 4.69) is 9.88 Å². The van der Waals surface area contributed by atoms with Crippen LogP contribution in [0.25, 0.3) is 0 Å². The van der Waals surface area contributed by atoms with Crippen molar-refractivity contribution < 1.29 is 18.4 Å². The fourth-order valence-electron chi connectivity index (χ4n) is 3.42. The maximum atomic E-state index is 13.5. The van der Waals surface area contributed by atoms with Gasteiger partial charge in [0.2, 0.25) is 5.78 Å². The lowest BCUT2D eigenvalue weighted by Gasteiger charge is -2.40. The summed E-state index contributed by atoms with van der Waals surface area (Å²) in [5.41, 5.74) is 0.408. The quantitative estimate of drug-likeness (QED) is 0.373. The number of amides is 1. The van der Waals surface area contributed by atoms with Gasteiger partial charge < -0.3 is 9.80 Å². The van der Waals surface area contributed by atoms with E-state index in [1.54, 1.807) is 23.1 Å². The third-order valence-corrected chi connectivity index (χ3v) is 7.01. The minimum atomic E-state index is -3.34. The molecular formula is C22H23Cl2F2N3O2S. The van der Waals surface area contributed by atoms with Crippen molar-refractivity contribution in [1.29, 1.82) is 0 Å². The van der Waals surface area contributed by atoms with Gasteiger partial charge in [0.05, 0.1) is 10.8 Å². The van der Waals surface area contributed by atoms with Crippen molar-refractivity contribution in [3.8, 4) is 0 Å². The van der Waals surface area contributed by atoms with Crippen molar-refractivity contribution in [2.75, 3.05) is 30.3 Å². The number of hydrogen-bond acceptors (Lipinski definition) is 5. The Balaban J connectivity index is 1.63. The summed E-state index contributed by atoms with van der Waals surface area (Å²) in [7, 11) is 0. The van der Waals surface area contributed by atoms with Gasteiger partial charge in [0, 0.05) is 42.6 Å². The van der Waals surface area contributed by atoms with Gasteiger partial charge in [-0.25, -0.2) is 4.98 Å². The monoisotopic (exact) mass is 501 g/mol. The fraction of sp³-hybridized carbons (Fsp3) is 0.409. The maximum Gasteiger partial charge on any atom is 0.305 e. The third kappa shape index (κ3) is 5.71. The Bertz CT molecular complexity index is 1010. The Morgan fingerprint density at radius 1 is 1.22 bits per heavy atom. The van der Waals surface area contributed by atoms with E-state index in [1.807, 2.05) is 19.1 Å². The number of piperazine rings is 1. The first kappa shape index (κ1) is 24.7. The highest BCUT2D eigenvalue weighted by molar-refractivity contribution is 8.00. The van der Waals surface area contributed by atoms with Gasteiger partial charge in [0.25, 0.3) is 5.91 Å². The molecule has 1 saturated heterocycles. The number of aromatic nitrogens is 1. The number of thioether (sulfide) groups is 1. The average Bonchev–Trinajstić information content (AvgIpc) is 2.77. The first-order chi connectivity index (χ1) is 15.1. The second-order valence-electron chi connectivity index (χ2n) is 7.53. The van der Waals surface area contributed by atoms with Gasteiger partial charge in [0.1, 0.15) is 11.0 Å². The normalized spacial score (nSPS) is 16.9. The number of alkyl halides is 2. The first-order valence-electron chi connectivity index (χ1n) is 10.1. The minimum absolute atomic E-state index is 0.0372. The molecule has 1 aromatic carbocycles. The van der Waals surface area contributed by atoms with Crippen LogP contribution in [0.4, 0.5) is 14.6 Å². The molecule has 10 heteroatoms. The molecule has 0 N–H and O–H groups in total. The molecule has 0 spiro atoms. The van der Waals surface area contributed by atoms with Crippen LogP contribution in [0.5, 0.6) is 0 Å². The zero-order valence-corrected chi connectivity index (χ0v) is 20.0. The molecule has 2 aromatic rings. The Labute approximate surface area is 200 Å². The molecule has 0 radical (unpaired) electrons. The highest BCUT2D eigenvalue weighted by atomic mass is 35.5. The molecule has 1 unspecified atom stereocenters. The molecular weight excluding hydrogens is 479 g/mol. The number of pyridine rings is 1. The van der Waals surface area contributed by atoms with Gasteiger partial charge in [-0.2, -0.15) is 8.78 Å². The van der Waals surface area contributed by atoms with Crippen LogP contribution < -0.4 is 4.90 Å². The smallest absolute Gasteiger partial charge is 0.305 e. The van der Waals surface area contributed by atoms with E-state index in [1.165, 1.54) is 13.0 Å². The van der Waals surface area contributed by atoms with E-state index >= 15 is 0 Å². The predicted octanol–water partition coefficient (Wildman–Crippen LogP) is 5.45. The summed E-state index contributed by atoms with van der Waals surface area (Å²) in [5, 5.41) is 0.671. The molecule has 1 aliphatic heterocycles. The minimum Gasteiger partial charge on any atom is -0.350 e. The van der Waals surface area contributed by atoms with Crippen molar-refractivity contribution >= 4 is 52.5 Å². The molecule has 1 atom stereocenters. The number of Topliss-reactive ketones (excluding diaryl/α,β-unsaturated/α-hetero) is 1. The number of hydrogen-bond donors (Lipinski definition) is 0. The van der Waals surface area contributed by atoms with Crippen molar-refractivity contribution in [1.82, 2.24) is 9.88 Å². The zero-order chi connectivity index (χ0) is 23.5. The Morgan fingerprint density at radius 3 is 2.59 bits per heavy atom. The van der Waals surface area contributed by atoms with Crippen molar-refractivity contribution in [2.45, 2.75) is 37.1 Å². The molecule has 32 heavy (non-hydrogen) atoms. The number of rotatable bonds is 7. The van der Waals surface area contributed by atoms with E-state index in [4.69, 9.17) is 23.2 Å². The lowest BCUT2D eigenvalue weighted by atomic mass is 10.1. The topological polar surface area (TPSA) is 53.5 Å². The second kappa shape index (κ2) is 10.4. The van der Waals surface area contributed by atoms with Crippen LogP contribution in [0, 0.1) is 0 Å². The molecule has 3 rings (SSSR count). The SMILES string of the molecule is CCC(F)(F)C(=O)CSc1ccc(C(=O)N2CCN(c3cccc(Cl)n3)C(C)C2)cc1Cl. The molecule has 1 amide bonds. The van der Waals surface area contributed by atoms with E-state index in [9.17, 15) is 18.4 Å². The Kier molecular flexibility index (Phi) is 8.01. The number of carbonyl (C=O) groups is 2. The van der Waals surface area contributed by atoms with Crippen molar-refractivity contribution in [2.24, 2.45) is 0 Å². The molecule has 5 nitrogen and oxygen atoms in total. The maximum absolute atomic E-state index is 13.5. The number of benzene rings is 1. The molecule has 172 valence electrons. The average molecular weight is 502 g/mol. The van der Waals surface area contributed by atoms with Crippen LogP contribution in [-0.4, -0.2) is 58.9 Å². The van der Waals surface area contributed by atoms with Gasteiger partial charge in [-0.15, -0.1) is 11.8 Å². The number of carbonyl (C=O) groups excluding carboxylic acids is 2. The lowest BCUT2D eigenvalue weighted by Crippen LogP contribution is -2.54. The van der Waals surface area contributed by atoms with Crippen LogP contribution in [0.2, 0.25) is 10.2 Å². The summed E-state index contributed by atoms with van der Waals surface area (Å²) in [5.74, 6) is -4.26. The van der Waals surface area contributed by atoms with Gasteiger partial charge in [-0.05, 0) is 37.3 Å². The number of nitrogens with zero attached hydrogens (tertiary/aromatic N) is 3. The summed E-state index contributed by atoms with van der Waals surface area (Å²) in [4.78, 5) is 33.3. The highest BCUT2D eigenvalue weighted by Crippen LogP contribution is 2.31. The Hall–Kier alpha value is -1.90. The van der Waals surface area contributed by atoms with Crippen molar-refractivity contribution in [3.05, 3.63) is 52.1 Å². The van der Waals surface area contributed by atoms with E-state index in [0.717, 1.165) is 17.6 Å². The van der Waals surface area contributed by atoms with Gasteiger partial charge in [-0.1, -0.05) is 36.2 Å². The molecule has 2 heterocycles.